The fourth-order valence-electron chi connectivity index (χ4n) is 2.33. The molecule has 4 heteroatoms. The third-order valence-corrected chi connectivity index (χ3v) is 3.69. The number of ether oxygens (including phenoxy) is 1. The Bertz CT molecular complexity index is 766. The van der Waals surface area contributed by atoms with E-state index in [0.717, 1.165) is 5.56 Å². The van der Waals surface area contributed by atoms with Crippen LogP contribution in [-0.2, 0) is 5.41 Å². The third kappa shape index (κ3) is 3.94. The highest BCUT2D eigenvalue weighted by Crippen LogP contribution is 2.29. The van der Waals surface area contributed by atoms with Gasteiger partial charge >= 0.3 is 5.97 Å². The van der Waals surface area contributed by atoms with Gasteiger partial charge in [0.2, 0.25) is 0 Å². The van der Waals surface area contributed by atoms with Crippen molar-refractivity contribution < 1.29 is 9.53 Å². The van der Waals surface area contributed by atoms with E-state index < -0.39 is 5.97 Å². The van der Waals surface area contributed by atoms with Crippen LogP contribution in [0.5, 0.6) is 5.75 Å². The van der Waals surface area contributed by atoms with E-state index in [1.165, 1.54) is 0 Å². The van der Waals surface area contributed by atoms with Gasteiger partial charge in [-0.3, -0.25) is 0 Å². The van der Waals surface area contributed by atoms with Crippen LogP contribution in [0.3, 0.4) is 0 Å². The molecule has 124 valence electrons. The predicted molar refractivity (Wildman–Crippen MR) is 95.4 cm³/mol. The van der Waals surface area contributed by atoms with Crippen molar-refractivity contribution in [1.82, 2.24) is 0 Å². The van der Waals surface area contributed by atoms with Crippen LogP contribution in [0.4, 0.5) is 5.69 Å². The number of para-hydroxylation sites is 1. The number of nitrogens with one attached hydrogen (secondary N) is 1. The van der Waals surface area contributed by atoms with Crippen LogP contribution in [0, 0.1) is 11.3 Å². The van der Waals surface area contributed by atoms with Gasteiger partial charge in [0.1, 0.15) is 6.07 Å². The molecule has 0 fully saturated rings. The molecule has 0 radical (unpaired) electrons. The molecular formula is C20H22N2O2. The summed E-state index contributed by atoms with van der Waals surface area (Å²) in [4.78, 5) is 12.4. The van der Waals surface area contributed by atoms with Crippen molar-refractivity contribution in [3.63, 3.8) is 0 Å². The Morgan fingerprint density at radius 3 is 2.38 bits per heavy atom. The zero-order valence-corrected chi connectivity index (χ0v) is 14.5. The first-order valence-corrected chi connectivity index (χ1v) is 7.96. The fourth-order valence-corrected chi connectivity index (χ4v) is 2.33. The number of benzene rings is 2. The van der Waals surface area contributed by atoms with E-state index >= 15 is 0 Å². The predicted octanol–water partition coefficient (Wildman–Crippen LogP) is 4.51. The lowest BCUT2D eigenvalue weighted by molar-refractivity contribution is 0.0735. The van der Waals surface area contributed by atoms with Crippen molar-refractivity contribution in [2.24, 2.45) is 0 Å². The second-order valence-corrected chi connectivity index (χ2v) is 6.54. The third-order valence-electron chi connectivity index (χ3n) is 3.69. The minimum atomic E-state index is -0.440. The molecule has 24 heavy (non-hydrogen) atoms. The van der Waals surface area contributed by atoms with Gasteiger partial charge in [0.05, 0.1) is 16.8 Å². The molecule has 0 amide bonds. The number of nitriles is 1. The van der Waals surface area contributed by atoms with Gasteiger partial charge < -0.3 is 10.1 Å². The summed E-state index contributed by atoms with van der Waals surface area (Å²) in [6, 6.07) is 14.6. The van der Waals surface area contributed by atoms with Gasteiger partial charge in [0.15, 0.2) is 5.75 Å². The van der Waals surface area contributed by atoms with Crippen molar-refractivity contribution in [1.29, 1.82) is 5.26 Å². The van der Waals surface area contributed by atoms with Crippen LogP contribution in [-0.4, -0.2) is 12.5 Å². The molecule has 0 aromatic heterocycles. The molecule has 0 heterocycles. The van der Waals surface area contributed by atoms with Crippen LogP contribution in [0.25, 0.3) is 0 Å². The summed E-state index contributed by atoms with van der Waals surface area (Å²) in [5.41, 5.74) is 2.65. The quantitative estimate of drug-likeness (QED) is 0.664. The number of rotatable bonds is 4. The molecule has 0 spiro atoms. The highest BCUT2D eigenvalue weighted by atomic mass is 16.5. The molecule has 0 atom stereocenters. The first-order chi connectivity index (χ1) is 11.4. The molecular weight excluding hydrogens is 300 g/mol. The van der Waals surface area contributed by atoms with Gasteiger partial charge in [-0.1, -0.05) is 39.0 Å². The summed E-state index contributed by atoms with van der Waals surface area (Å²) >= 11 is 0. The number of anilines is 1. The summed E-state index contributed by atoms with van der Waals surface area (Å²) in [5.74, 6) is -0.0782. The van der Waals surface area contributed by atoms with Crippen molar-refractivity contribution in [3.05, 3.63) is 59.2 Å². The standard InChI is InChI=1S/C20H22N2O2/c1-5-22-18-15(13-21)7-6-8-17(18)24-19(23)14-9-11-16(12-10-14)20(2,3)4/h6-12,22H,5H2,1-4H3. The molecule has 2 rings (SSSR count). The number of hydrogen-bond acceptors (Lipinski definition) is 4. The van der Waals surface area contributed by atoms with Crippen LogP contribution in [0.2, 0.25) is 0 Å². The number of nitrogens with zero attached hydrogens (tertiary/aromatic N) is 1. The molecule has 0 saturated carbocycles. The van der Waals surface area contributed by atoms with E-state index in [9.17, 15) is 10.1 Å². The number of carbonyl (C=O) groups is 1. The first-order valence-electron chi connectivity index (χ1n) is 7.96. The van der Waals surface area contributed by atoms with E-state index in [4.69, 9.17) is 4.74 Å². The van der Waals surface area contributed by atoms with Crippen molar-refractivity contribution >= 4 is 11.7 Å². The highest BCUT2D eigenvalue weighted by molar-refractivity contribution is 5.92. The Morgan fingerprint density at radius 1 is 1.17 bits per heavy atom. The van der Waals surface area contributed by atoms with Crippen molar-refractivity contribution in [2.75, 3.05) is 11.9 Å². The van der Waals surface area contributed by atoms with Crippen molar-refractivity contribution in [2.45, 2.75) is 33.1 Å². The maximum absolute atomic E-state index is 12.4. The van der Waals surface area contributed by atoms with Crippen LogP contribution in [0.15, 0.2) is 42.5 Å². The molecule has 2 aromatic carbocycles. The summed E-state index contributed by atoms with van der Waals surface area (Å²) in [6.07, 6.45) is 0. The van der Waals surface area contributed by atoms with Gasteiger partial charge in [0.25, 0.3) is 0 Å². The Kier molecular flexibility index (Phi) is 5.25. The Balaban J connectivity index is 2.26. The number of esters is 1. The summed E-state index contributed by atoms with van der Waals surface area (Å²) in [5, 5.41) is 12.3. The molecule has 0 saturated heterocycles. The van der Waals surface area contributed by atoms with Crippen LogP contribution in [0.1, 0.15) is 49.2 Å². The Hall–Kier alpha value is -2.80. The van der Waals surface area contributed by atoms with Crippen molar-refractivity contribution in [3.8, 4) is 11.8 Å². The van der Waals surface area contributed by atoms with Gasteiger partial charge in [-0.25, -0.2) is 4.79 Å². The first kappa shape index (κ1) is 17.6. The second kappa shape index (κ2) is 7.18. The zero-order valence-electron chi connectivity index (χ0n) is 14.5. The fraction of sp³-hybridized carbons (Fsp3) is 0.300. The lowest BCUT2D eigenvalue weighted by Crippen LogP contribution is -2.13. The van der Waals surface area contributed by atoms with E-state index in [0.29, 0.717) is 29.1 Å². The number of hydrogen-bond donors (Lipinski definition) is 1. The molecule has 1 N–H and O–H groups in total. The zero-order chi connectivity index (χ0) is 17.7. The van der Waals surface area contributed by atoms with Gasteiger partial charge in [-0.15, -0.1) is 0 Å². The summed E-state index contributed by atoms with van der Waals surface area (Å²) < 4.78 is 5.50. The lowest BCUT2D eigenvalue weighted by Gasteiger charge is -2.19. The number of carbonyl (C=O) groups excluding carboxylic acids is 1. The minimum absolute atomic E-state index is 0.0295. The average Bonchev–Trinajstić information content (AvgIpc) is 2.55. The molecule has 0 aliphatic carbocycles. The lowest BCUT2D eigenvalue weighted by atomic mass is 9.87. The van der Waals surface area contributed by atoms with Gasteiger partial charge in [0, 0.05) is 6.54 Å². The Morgan fingerprint density at radius 2 is 1.83 bits per heavy atom. The maximum Gasteiger partial charge on any atom is 0.343 e. The van der Waals surface area contributed by atoms with E-state index in [2.05, 4.69) is 32.2 Å². The summed E-state index contributed by atoms with van der Waals surface area (Å²) in [6.45, 7) is 8.91. The largest absolute Gasteiger partial charge is 0.421 e. The van der Waals surface area contributed by atoms with Gasteiger partial charge in [-0.2, -0.15) is 5.26 Å². The molecule has 0 bridgehead atoms. The molecule has 4 nitrogen and oxygen atoms in total. The van der Waals surface area contributed by atoms with Crippen LogP contribution >= 0.6 is 0 Å². The van der Waals surface area contributed by atoms with Crippen LogP contribution < -0.4 is 10.1 Å². The second-order valence-electron chi connectivity index (χ2n) is 6.54. The molecule has 0 aliphatic rings. The normalized spacial score (nSPS) is 10.8. The molecule has 0 aliphatic heterocycles. The van der Waals surface area contributed by atoms with E-state index in [-0.39, 0.29) is 5.41 Å². The van der Waals surface area contributed by atoms with E-state index in [1.54, 1.807) is 30.3 Å². The average molecular weight is 322 g/mol. The van der Waals surface area contributed by atoms with E-state index in [1.807, 2.05) is 19.1 Å². The van der Waals surface area contributed by atoms with Gasteiger partial charge in [-0.05, 0) is 42.2 Å². The molecule has 2 aromatic rings. The topological polar surface area (TPSA) is 62.1 Å². The molecule has 0 unspecified atom stereocenters. The summed E-state index contributed by atoms with van der Waals surface area (Å²) in [7, 11) is 0. The monoisotopic (exact) mass is 322 g/mol. The minimum Gasteiger partial charge on any atom is -0.421 e. The maximum atomic E-state index is 12.4. The SMILES string of the molecule is CCNc1c(C#N)cccc1OC(=O)c1ccc(C(C)(C)C)cc1. The highest BCUT2D eigenvalue weighted by Gasteiger charge is 2.17. The smallest absolute Gasteiger partial charge is 0.343 e. The Labute approximate surface area is 143 Å².